The van der Waals surface area contributed by atoms with E-state index in [1.54, 1.807) is 18.2 Å². The molecule has 3 aromatic rings. The van der Waals surface area contributed by atoms with Gasteiger partial charge in [0.1, 0.15) is 5.82 Å². The van der Waals surface area contributed by atoms with Gasteiger partial charge in [-0.15, -0.1) is 0 Å². The Labute approximate surface area is 205 Å². The molecule has 2 aromatic carbocycles. The van der Waals surface area contributed by atoms with E-state index in [1.807, 2.05) is 35.5 Å². The smallest absolute Gasteiger partial charge is 0.227 e. The number of hydrogen-bond donors (Lipinski definition) is 0. The fourth-order valence-corrected chi connectivity index (χ4v) is 5.76. The second kappa shape index (κ2) is 10.6. The molecule has 184 valence electrons. The van der Waals surface area contributed by atoms with Crippen LogP contribution in [0.5, 0.6) is 0 Å². The SMILES string of the molecule is O=C(Cc1ccccc1F)N1CCC(C2CCCCN2C(=O)CCn2cnc3ccccc32)CC1. The molecule has 0 bridgehead atoms. The molecule has 2 amide bonds. The van der Waals surface area contributed by atoms with Crippen molar-refractivity contribution in [1.82, 2.24) is 19.4 Å². The lowest BCUT2D eigenvalue weighted by Gasteiger charge is -2.44. The van der Waals surface area contributed by atoms with Gasteiger partial charge in [0.2, 0.25) is 11.8 Å². The van der Waals surface area contributed by atoms with E-state index < -0.39 is 0 Å². The van der Waals surface area contributed by atoms with Crippen molar-refractivity contribution in [2.24, 2.45) is 5.92 Å². The van der Waals surface area contributed by atoms with E-state index in [9.17, 15) is 14.0 Å². The minimum absolute atomic E-state index is 0.0160. The minimum Gasteiger partial charge on any atom is -0.342 e. The van der Waals surface area contributed by atoms with Crippen LogP contribution in [-0.2, 0) is 22.6 Å². The maximum absolute atomic E-state index is 14.0. The van der Waals surface area contributed by atoms with Crippen molar-refractivity contribution >= 4 is 22.8 Å². The lowest BCUT2D eigenvalue weighted by Crippen LogP contribution is -2.51. The van der Waals surface area contributed by atoms with Gasteiger partial charge < -0.3 is 14.4 Å². The van der Waals surface area contributed by atoms with Crippen LogP contribution in [0.25, 0.3) is 11.0 Å². The molecule has 3 heterocycles. The molecular weight excluding hydrogens is 443 g/mol. The van der Waals surface area contributed by atoms with E-state index >= 15 is 0 Å². The third kappa shape index (κ3) is 5.24. The van der Waals surface area contributed by atoms with E-state index in [4.69, 9.17) is 0 Å². The highest BCUT2D eigenvalue weighted by molar-refractivity contribution is 5.79. The molecular formula is C28H33FN4O2. The van der Waals surface area contributed by atoms with Crippen molar-refractivity contribution < 1.29 is 14.0 Å². The minimum atomic E-state index is -0.323. The third-order valence-electron chi connectivity index (χ3n) is 7.70. The molecule has 0 radical (unpaired) electrons. The summed E-state index contributed by atoms with van der Waals surface area (Å²) in [4.78, 5) is 34.4. The summed E-state index contributed by atoms with van der Waals surface area (Å²) in [6.45, 7) is 2.81. The summed E-state index contributed by atoms with van der Waals surface area (Å²) in [6.07, 6.45) is 7.41. The highest BCUT2D eigenvalue weighted by atomic mass is 19.1. The second-order valence-electron chi connectivity index (χ2n) is 9.81. The number of carbonyl (C=O) groups excluding carboxylic acids is 2. The van der Waals surface area contributed by atoms with Gasteiger partial charge in [-0.05, 0) is 61.8 Å². The molecule has 0 aliphatic carbocycles. The maximum atomic E-state index is 14.0. The van der Waals surface area contributed by atoms with Crippen molar-refractivity contribution in [2.45, 2.75) is 57.5 Å². The first-order valence-corrected chi connectivity index (χ1v) is 12.8. The van der Waals surface area contributed by atoms with Crippen LogP contribution >= 0.6 is 0 Å². The van der Waals surface area contributed by atoms with Crippen molar-refractivity contribution in [3.05, 3.63) is 66.2 Å². The van der Waals surface area contributed by atoms with Crippen molar-refractivity contribution in [3.63, 3.8) is 0 Å². The Kier molecular flexibility index (Phi) is 7.11. The number of benzene rings is 2. The van der Waals surface area contributed by atoms with Crippen LogP contribution in [0.4, 0.5) is 4.39 Å². The largest absolute Gasteiger partial charge is 0.342 e. The molecule has 6 nitrogen and oxygen atoms in total. The van der Waals surface area contributed by atoms with Gasteiger partial charge in [-0.1, -0.05) is 30.3 Å². The topological polar surface area (TPSA) is 58.4 Å². The predicted octanol–water partition coefficient (Wildman–Crippen LogP) is 4.43. The van der Waals surface area contributed by atoms with Gasteiger partial charge in [0.25, 0.3) is 0 Å². The quantitative estimate of drug-likeness (QED) is 0.529. The number of piperidine rings is 2. The number of imidazole rings is 1. The molecule has 35 heavy (non-hydrogen) atoms. The van der Waals surface area contributed by atoms with E-state index in [0.29, 0.717) is 37.5 Å². The Morgan fingerprint density at radius 3 is 2.51 bits per heavy atom. The standard InChI is InChI=1S/C28H33FN4O2/c29-23-8-2-1-7-22(23)19-28(35)31-16-12-21(13-17-31)25-10-5-6-15-33(25)27(34)14-18-32-20-30-24-9-3-4-11-26(24)32/h1-4,7-9,11,20-21,25H,5-6,10,12-19H2. The molecule has 2 fully saturated rings. The first kappa shape index (κ1) is 23.5. The number of amides is 2. The number of aryl methyl sites for hydroxylation is 1. The van der Waals surface area contributed by atoms with Crippen LogP contribution < -0.4 is 0 Å². The zero-order valence-corrected chi connectivity index (χ0v) is 20.1. The van der Waals surface area contributed by atoms with E-state index in [-0.39, 0.29) is 30.1 Å². The Morgan fingerprint density at radius 1 is 0.914 bits per heavy atom. The normalized spacial score (nSPS) is 19.3. The molecule has 7 heteroatoms. The molecule has 0 saturated carbocycles. The van der Waals surface area contributed by atoms with E-state index in [1.165, 1.54) is 6.07 Å². The Balaban J connectivity index is 1.16. The lowest BCUT2D eigenvalue weighted by atomic mass is 9.83. The Hall–Kier alpha value is -3.22. The first-order valence-electron chi connectivity index (χ1n) is 12.8. The molecule has 1 atom stereocenters. The summed E-state index contributed by atoms with van der Waals surface area (Å²) >= 11 is 0. The van der Waals surface area contributed by atoms with Gasteiger partial charge in [-0.25, -0.2) is 9.37 Å². The highest BCUT2D eigenvalue weighted by Gasteiger charge is 2.35. The average Bonchev–Trinajstić information content (AvgIpc) is 3.32. The fraction of sp³-hybridized carbons (Fsp3) is 0.464. The summed E-state index contributed by atoms with van der Waals surface area (Å²) in [5, 5.41) is 0. The van der Waals surface area contributed by atoms with Crippen LogP contribution in [0.3, 0.4) is 0 Å². The summed E-state index contributed by atoms with van der Waals surface area (Å²) in [5.41, 5.74) is 2.46. The number of rotatable bonds is 6. The van der Waals surface area contributed by atoms with Crippen molar-refractivity contribution in [1.29, 1.82) is 0 Å². The van der Waals surface area contributed by atoms with Gasteiger partial charge in [0.05, 0.1) is 23.8 Å². The van der Waals surface area contributed by atoms with E-state index in [0.717, 1.165) is 49.7 Å². The van der Waals surface area contributed by atoms with Crippen LogP contribution in [0.2, 0.25) is 0 Å². The summed E-state index contributed by atoms with van der Waals surface area (Å²) in [5.74, 6) is 0.282. The van der Waals surface area contributed by atoms with Crippen LogP contribution in [0.1, 0.15) is 44.1 Å². The Bertz CT molecular complexity index is 1180. The molecule has 1 aromatic heterocycles. The number of nitrogens with zero attached hydrogens (tertiary/aromatic N) is 4. The van der Waals surface area contributed by atoms with Crippen LogP contribution in [0, 0.1) is 11.7 Å². The molecule has 0 spiro atoms. The maximum Gasteiger partial charge on any atom is 0.227 e. The van der Waals surface area contributed by atoms with Gasteiger partial charge >= 0.3 is 0 Å². The highest BCUT2D eigenvalue weighted by Crippen LogP contribution is 2.31. The second-order valence-corrected chi connectivity index (χ2v) is 9.81. The zero-order chi connectivity index (χ0) is 24.2. The summed E-state index contributed by atoms with van der Waals surface area (Å²) in [7, 11) is 0. The monoisotopic (exact) mass is 476 g/mol. The van der Waals surface area contributed by atoms with Gasteiger partial charge in [-0.2, -0.15) is 0 Å². The molecule has 2 saturated heterocycles. The molecule has 1 unspecified atom stereocenters. The van der Waals surface area contributed by atoms with Crippen molar-refractivity contribution in [3.8, 4) is 0 Å². The fourth-order valence-electron chi connectivity index (χ4n) is 5.76. The summed E-state index contributed by atoms with van der Waals surface area (Å²) < 4.78 is 16.0. The first-order chi connectivity index (χ1) is 17.1. The van der Waals surface area contributed by atoms with Gasteiger partial charge in [0.15, 0.2) is 0 Å². The van der Waals surface area contributed by atoms with Crippen molar-refractivity contribution in [2.75, 3.05) is 19.6 Å². The van der Waals surface area contributed by atoms with Crippen LogP contribution in [0.15, 0.2) is 54.9 Å². The number of hydrogen-bond acceptors (Lipinski definition) is 3. The number of aromatic nitrogens is 2. The molecule has 5 rings (SSSR count). The molecule has 2 aliphatic heterocycles. The van der Waals surface area contributed by atoms with Gasteiger partial charge in [0, 0.05) is 38.6 Å². The van der Waals surface area contributed by atoms with Gasteiger partial charge in [-0.3, -0.25) is 9.59 Å². The number of likely N-dealkylation sites (tertiary alicyclic amines) is 2. The number of halogens is 1. The molecule has 2 aliphatic rings. The Morgan fingerprint density at radius 2 is 1.69 bits per heavy atom. The van der Waals surface area contributed by atoms with Crippen LogP contribution in [-0.4, -0.2) is 56.8 Å². The lowest BCUT2D eigenvalue weighted by molar-refractivity contribution is -0.139. The third-order valence-corrected chi connectivity index (χ3v) is 7.70. The number of fused-ring (bicyclic) bond motifs is 1. The van der Waals surface area contributed by atoms with E-state index in [2.05, 4.69) is 14.5 Å². The average molecular weight is 477 g/mol. The molecule has 0 N–H and O–H groups in total. The number of carbonyl (C=O) groups is 2. The summed E-state index contributed by atoms with van der Waals surface area (Å²) in [6, 6.07) is 14.7. The predicted molar refractivity (Wildman–Crippen MR) is 133 cm³/mol. The number of para-hydroxylation sites is 2. The zero-order valence-electron chi connectivity index (χ0n) is 20.1.